The highest BCUT2D eigenvalue weighted by Crippen LogP contribution is 2.27. The predicted octanol–water partition coefficient (Wildman–Crippen LogP) is 1.40. The van der Waals surface area contributed by atoms with Gasteiger partial charge in [0.2, 0.25) is 5.91 Å². The molecule has 2 saturated heterocycles. The molecule has 2 fully saturated rings. The van der Waals surface area contributed by atoms with Crippen LogP contribution in [0.1, 0.15) is 19.3 Å². The number of methoxy groups -OCH3 is 2. The van der Waals surface area contributed by atoms with Crippen LogP contribution in [0.2, 0.25) is 0 Å². The zero-order valence-corrected chi connectivity index (χ0v) is 16.5. The van der Waals surface area contributed by atoms with Gasteiger partial charge in [0.05, 0.1) is 14.2 Å². The van der Waals surface area contributed by atoms with Crippen LogP contribution in [-0.2, 0) is 4.79 Å². The van der Waals surface area contributed by atoms with Gasteiger partial charge >= 0.3 is 0 Å². The van der Waals surface area contributed by atoms with Crippen LogP contribution >= 0.6 is 0 Å². The third kappa shape index (κ3) is 5.74. The van der Waals surface area contributed by atoms with E-state index in [1.807, 2.05) is 23.1 Å². The van der Waals surface area contributed by atoms with Crippen LogP contribution in [0.5, 0.6) is 11.5 Å². The van der Waals surface area contributed by atoms with Gasteiger partial charge in [-0.25, -0.2) is 0 Å². The second-order valence-corrected chi connectivity index (χ2v) is 7.24. The van der Waals surface area contributed by atoms with Crippen molar-refractivity contribution < 1.29 is 14.3 Å². The number of nitrogens with zero attached hydrogens (tertiary/aromatic N) is 2. The summed E-state index contributed by atoms with van der Waals surface area (Å²) in [6.07, 6.45) is 2.77. The average Bonchev–Trinajstić information content (AvgIpc) is 2.73. The van der Waals surface area contributed by atoms with Crippen LogP contribution in [0.4, 0.5) is 5.69 Å². The molecule has 0 bridgehead atoms. The third-order valence-corrected chi connectivity index (χ3v) is 5.42. The van der Waals surface area contributed by atoms with Gasteiger partial charge in [0.1, 0.15) is 11.5 Å². The van der Waals surface area contributed by atoms with Crippen LogP contribution < -0.4 is 20.1 Å². The lowest BCUT2D eigenvalue weighted by Crippen LogP contribution is -2.47. The molecule has 0 aromatic heterocycles. The number of anilines is 1. The molecule has 0 radical (unpaired) electrons. The number of hydrogen-bond donors (Lipinski definition) is 2. The number of nitrogens with one attached hydrogen (secondary N) is 2. The van der Waals surface area contributed by atoms with E-state index in [2.05, 4.69) is 15.5 Å². The maximum Gasteiger partial charge on any atom is 0.223 e. The lowest BCUT2D eigenvalue weighted by Gasteiger charge is -2.33. The largest absolute Gasteiger partial charge is 0.497 e. The Kier molecular flexibility index (Phi) is 7.18. The minimum absolute atomic E-state index is 0.292. The number of ether oxygens (including phenoxy) is 2. The minimum Gasteiger partial charge on any atom is -0.497 e. The molecule has 2 heterocycles. The highest BCUT2D eigenvalue weighted by Gasteiger charge is 2.21. The van der Waals surface area contributed by atoms with Crippen molar-refractivity contribution in [2.24, 2.45) is 0 Å². The summed E-state index contributed by atoms with van der Waals surface area (Å²) < 4.78 is 10.7. The SMILES string of the molecule is COc1cc(NC2CCN(CCC(=O)N3CCNCC3)CC2)cc(OC)c1. The Hall–Kier alpha value is -1.99. The maximum atomic E-state index is 12.3. The summed E-state index contributed by atoms with van der Waals surface area (Å²) in [5.41, 5.74) is 1.03. The molecule has 0 aliphatic carbocycles. The average molecular weight is 377 g/mol. The Morgan fingerprint density at radius 1 is 1.07 bits per heavy atom. The zero-order chi connectivity index (χ0) is 19.1. The molecule has 1 aromatic rings. The summed E-state index contributed by atoms with van der Waals surface area (Å²) in [7, 11) is 3.33. The molecule has 3 rings (SSSR count). The second-order valence-electron chi connectivity index (χ2n) is 7.24. The molecular formula is C20H32N4O3. The molecule has 0 atom stereocenters. The first-order valence-corrected chi connectivity index (χ1v) is 9.88. The maximum absolute atomic E-state index is 12.3. The van der Waals surface area contributed by atoms with E-state index in [1.54, 1.807) is 14.2 Å². The Morgan fingerprint density at radius 3 is 2.30 bits per heavy atom. The molecule has 2 aliphatic heterocycles. The quantitative estimate of drug-likeness (QED) is 0.750. The Labute approximate surface area is 162 Å². The first-order valence-electron chi connectivity index (χ1n) is 9.88. The molecule has 0 saturated carbocycles. The smallest absolute Gasteiger partial charge is 0.223 e. The molecule has 7 nitrogen and oxygen atoms in total. The number of piperazine rings is 1. The fourth-order valence-corrected chi connectivity index (χ4v) is 3.75. The van der Waals surface area contributed by atoms with Gasteiger partial charge in [-0.15, -0.1) is 0 Å². The number of likely N-dealkylation sites (tertiary alicyclic amines) is 1. The van der Waals surface area contributed by atoms with Crippen molar-refractivity contribution in [3.63, 3.8) is 0 Å². The number of rotatable bonds is 7. The minimum atomic E-state index is 0.292. The molecule has 1 aromatic carbocycles. The standard InChI is InChI=1S/C20H32N4O3/c1-26-18-13-17(14-19(15-18)27-2)22-16-3-8-23(9-4-16)10-5-20(25)24-11-6-21-7-12-24/h13-16,21-22H,3-12H2,1-2H3. The van der Waals surface area contributed by atoms with Gasteiger partial charge in [-0.2, -0.15) is 0 Å². The van der Waals surface area contributed by atoms with Gasteiger partial charge < -0.3 is 29.9 Å². The van der Waals surface area contributed by atoms with Crippen molar-refractivity contribution >= 4 is 11.6 Å². The number of carbonyl (C=O) groups excluding carboxylic acids is 1. The van der Waals surface area contributed by atoms with Crippen molar-refractivity contribution in [1.82, 2.24) is 15.1 Å². The number of amides is 1. The summed E-state index contributed by atoms with van der Waals surface area (Å²) in [5.74, 6) is 1.88. The van der Waals surface area contributed by atoms with Gasteiger partial charge in [-0.05, 0) is 12.8 Å². The number of carbonyl (C=O) groups is 1. The van der Waals surface area contributed by atoms with E-state index in [0.29, 0.717) is 18.4 Å². The number of piperidine rings is 1. The van der Waals surface area contributed by atoms with Crippen molar-refractivity contribution in [2.75, 3.05) is 65.3 Å². The van der Waals surface area contributed by atoms with Crippen LogP contribution in [0.25, 0.3) is 0 Å². The third-order valence-electron chi connectivity index (χ3n) is 5.42. The summed E-state index contributed by atoms with van der Waals surface area (Å²) >= 11 is 0. The first-order chi connectivity index (χ1) is 13.2. The topological polar surface area (TPSA) is 66.1 Å². The molecule has 27 heavy (non-hydrogen) atoms. The highest BCUT2D eigenvalue weighted by molar-refractivity contribution is 5.76. The molecule has 150 valence electrons. The summed E-state index contributed by atoms with van der Waals surface area (Å²) in [6.45, 7) is 6.42. The number of hydrogen-bond acceptors (Lipinski definition) is 6. The van der Waals surface area contributed by atoms with E-state index < -0.39 is 0 Å². The molecule has 2 aliphatic rings. The monoisotopic (exact) mass is 376 g/mol. The van der Waals surface area contributed by atoms with E-state index >= 15 is 0 Å². The number of benzene rings is 1. The fraction of sp³-hybridized carbons (Fsp3) is 0.650. The summed E-state index contributed by atoms with van der Waals surface area (Å²) in [4.78, 5) is 16.7. The van der Waals surface area contributed by atoms with Crippen LogP contribution in [0.15, 0.2) is 18.2 Å². The van der Waals surface area contributed by atoms with Gasteiger partial charge in [-0.1, -0.05) is 0 Å². The second kappa shape index (κ2) is 9.80. The van der Waals surface area contributed by atoms with Crippen LogP contribution in [-0.4, -0.2) is 81.8 Å². The van der Waals surface area contributed by atoms with Crippen molar-refractivity contribution in [3.05, 3.63) is 18.2 Å². The van der Waals surface area contributed by atoms with Crippen LogP contribution in [0.3, 0.4) is 0 Å². The van der Waals surface area contributed by atoms with Crippen molar-refractivity contribution in [3.8, 4) is 11.5 Å². The van der Waals surface area contributed by atoms with E-state index in [0.717, 1.165) is 75.8 Å². The lowest BCUT2D eigenvalue weighted by molar-refractivity contribution is -0.132. The Morgan fingerprint density at radius 2 is 1.70 bits per heavy atom. The van der Waals surface area contributed by atoms with Crippen molar-refractivity contribution in [1.29, 1.82) is 0 Å². The highest BCUT2D eigenvalue weighted by atomic mass is 16.5. The molecular weight excluding hydrogens is 344 g/mol. The zero-order valence-electron chi connectivity index (χ0n) is 16.5. The van der Waals surface area contributed by atoms with Gasteiger partial charge in [0.15, 0.2) is 0 Å². The molecule has 7 heteroatoms. The molecule has 0 spiro atoms. The molecule has 0 unspecified atom stereocenters. The summed E-state index contributed by atoms with van der Waals surface area (Å²) in [5, 5.41) is 6.89. The van der Waals surface area contributed by atoms with E-state index in [4.69, 9.17) is 9.47 Å². The van der Waals surface area contributed by atoms with Gasteiger partial charge in [0.25, 0.3) is 0 Å². The Balaban J connectivity index is 1.41. The predicted molar refractivity (Wildman–Crippen MR) is 107 cm³/mol. The lowest BCUT2D eigenvalue weighted by atomic mass is 10.0. The van der Waals surface area contributed by atoms with E-state index in [-0.39, 0.29) is 0 Å². The van der Waals surface area contributed by atoms with E-state index in [9.17, 15) is 4.79 Å². The first kappa shape index (κ1) is 19.8. The van der Waals surface area contributed by atoms with Crippen molar-refractivity contribution in [2.45, 2.75) is 25.3 Å². The van der Waals surface area contributed by atoms with Crippen LogP contribution in [0, 0.1) is 0 Å². The normalized spacial score (nSPS) is 19.0. The van der Waals surface area contributed by atoms with Gasteiger partial charge in [0, 0.05) is 82.2 Å². The fourth-order valence-electron chi connectivity index (χ4n) is 3.75. The molecule has 1 amide bonds. The molecule has 2 N–H and O–H groups in total. The van der Waals surface area contributed by atoms with Gasteiger partial charge in [-0.3, -0.25) is 4.79 Å². The Bertz CT molecular complexity index is 589. The summed E-state index contributed by atoms with van der Waals surface area (Å²) in [6, 6.07) is 6.31. The van der Waals surface area contributed by atoms with E-state index in [1.165, 1.54) is 0 Å².